The van der Waals surface area contributed by atoms with Crippen molar-refractivity contribution in [2.45, 2.75) is 33.6 Å². The van der Waals surface area contributed by atoms with E-state index in [0.717, 1.165) is 16.9 Å². The van der Waals surface area contributed by atoms with E-state index in [4.69, 9.17) is 9.47 Å². The van der Waals surface area contributed by atoms with Gasteiger partial charge in [0.1, 0.15) is 10.6 Å². The predicted molar refractivity (Wildman–Crippen MR) is 99.6 cm³/mol. The summed E-state index contributed by atoms with van der Waals surface area (Å²) in [5.41, 5.74) is 1.81. The third-order valence-electron chi connectivity index (χ3n) is 3.54. The summed E-state index contributed by atoms with van der Waals surface area (Å²) in [5, 5.41) is 3.51. The molecule has 0 saturated heterocycles. The van der Waals surface area contributed by atoms with Gasteiger partial charge in [-0.3, -0.25) is 4.79 Å². The lowest BCUT2D eigenvalue weighted by molar-refractivity contribution is -0.116. The van der Waals surface area contributed by atoms with Crippen molar-refractivity contribution >= 4 is 28.2 Å². The van der Waals surface area contributed by atoms with Crippen molar-refractivity contribution in [3.05, 3.63) is 46.3 Å². The number of hydrogen-bond acceptors (Lipinski definition) is 5. The Balaban J connectivity index is 1.95. The first-order valence-electron chi connectivity index (χ1n) is 8.33. The Morgan fingerprint density at radius 2 is 1.92 bits per heavy atom. The van der Waals surface area contributed by atoms with Gasteiger partial charge in [0.05, 0.1) is 18.2 Å². The van der Waals surface area contributed by atoms with Crippen LogP contribution in [0.2, 0.25) is 0 Å². The lowest BCUT2D eigenvalue weighted by Crippen LogP contribution is -2.11. The van der Waals surface area contributed by atoms with Crippen LogP contribution in [0.25, 0.3) is 0 Å². The third kappa shape index (κ3) is 5.32. The van der Waals surface area contributed by atoms with Crippen LogP contribution < -0.4 is 10.1 Å². The molecule has 1 N–H and O–H groups in total. The first-order chi connectivity index (χ1) is 12.0. The van der Waals surface area contributed by atoms with E-state index in [9.17, 15) is 9.59 Å². The van der Waals surface area contributed by atoms with E-state index in [0.29, 0.717) is 35.9 Å². The maximum Gasteiger partial charge on any atom is 0.348 e. The zero-order chi connectivity index (χ0) is 18.2. The monoisotopic (exact) mass is 361 g/mol. The van der Waals surface area contributed by atoms with Gasteiger partial charge in [-0.2, -0.15) is 0 Å². The topological polar surface area (TPSA) is 64.6 Å². The molecule has 0 fully saturated rings. The van der Waals surface area contributed by atoms with Gasteiger partial charge in [0.15, 0.2) is 0 Å². The molecular weight excluding hydrogens is 338 g/mol. The molecule has 0 atom stereocenters. The lowest BCUT2D eigenvalue weighted by atomic mass is 10.1. The van der Waals surface area contributed by atoms with Gasteiger partial charge in [0, 0.05) is 6.42 Å². The van der Waals surface area contributed by atoms with Crippen LogP contribution in [-0.2, 0) is 16.0 Å². The molecule has 25 heavy (non-hydrogen) atoms. The summed E-state index contributed by atoms with van der Waals surface area (Å²) in [7, 11) is 0. The minimum atomic E-state index is -0.351. The second-order valence-electron chi connectivity index (χ2n) is 5.43. The van der Waals surface area contributed by atoms with E-state index in [1.54, 1.807) is 13.0 Å². The summed E-state index contributed by atoms with van der Waals surface area (Å²) in [6.07, 6.45) is 0.937. The van der Waals surface area contributed by atoms with Crippen molar-refractivity contribution in [1.29, 1.82) is 0 Å². The zero-order valence-electron chi connectivity index (χ0n) is 14.8. The minimum Gasteiger partial charge on any atom is -0.494 e. The number of esters is 1. The third-order valence-corrected chi connectivity index (χ3v) is 4.67. The molecule has 2 aromatic rings. The average molecular weight is 361 g/mol. The Kier molecular flexibility index (Phi) is 7.01. The molecular formula is C19H23NO4S. The molecule has 0 aliphatic rings. The number of carbonyl (C=O) groups is 2. The molecule has 0 aliphatic carbocycles. The van der Waals surface area contributed by atoms with E-state index in [-0.39, 0.29) is 11.9 Å². The summed E-state index contributed by atoms with van der Waals surface area (Å²) in [6.45, 7) is 6.45. The second-order valence-corrected chi connectivity index (χ2v) is 6.48. The fraction of sp³-hybridized carbons (Fsp3) is 0.368. The molecule has 0 unspecified atom stereocenters. The maximum atomic E-state index is 12.2. The number of amides is 1. The van der Waals surface area contributed by atoms with Crippen LogP contribution in [-0.4, -0.2) is 25.1 Å². The fourth-order valence-electron chi connectivity index (χ4n) is 2.40. The summed E-state index contributed by atoms with van der Waals surface area (Å²) in [6, 6.07) is 9.52. The van der Waals surface area contributed by atoms with Crippen molar-refractivity contribution in [3.8, 4) is 5.75 Å². The number of ether oxygens (including phenoxy) is 2. The van der Waals surface area contributed by atoms with Crippen molar-refractivity contribution in [2.24, 2.45) is 0 Å². The number of nitrogens with one attached hydrogen (secondary N) is 1. The van der Waals surface area contributed by atoms with Gasteiger partial charge in [0.25, 0.3) is 0 Å². The maximum absolute atomic E-state index is 12.2. The second kappa shape index (κ2) is 9.22. The van der Waals surface area contributed by atoms with Crippen LogP contribution >= 0.6 is 11.3 Å². The van der Waals surface area contributed by atoms with Crippen molar-refractivity contribution in [1.82, 2.24) is 0 Å². The smallest absolute Gasteiger partial charge is 0.348 e. The molecule has 0 saturated carbocycles. The van der Waals surface area contributed by atoms with Gasteiger partial charge < -0.3 is 14.8 Å². The zero-order valence-corrected chi connectivity index (χ0v) is 15.6. The number of carbonyl (C=O) groups excluding carboxylic acids is 2. The Morgan fingerprint density at radius 1 is 1.16 bits per heavy atom. The Bertz CT molecular complexity index is 739. The summed E-state index contributed by atoms with van der Waals surface area (Å²) >= 11 is 1.24. The molecule has 2 rings (SSSR count). The molecule has 1 aromatic carbocycles. The highest BCUT2D eigenvalue weighted by atomic mass is 32.1. The van der Waals surface area contributed by atoms with Crippen LogP contribution in [0.1, 0.15) is 41.1 Å². The van der Waals surface area contributed by atoms with Crippen molar-refractivity contribution in [2.75, 3.05) is 18.5 Å². The number of anilines is 1. The van der Waals surface area contributed by atoms with Gasteiger partial charge in [-0.15, -0.1) is 11.3 Å². The molecule has 134 valence electrons. The van der Waals surface area contributed by atoms with E-state index < -0.39 is 0 Å². The highest BCUT2D eigenvalue weighted by molar-refractivity contribution is 7.18. The molecule has 1 amide bonds. The van der Waals surface area contributed by atoms with Crippen LogP contribution in [0.15, 0.2) is 30.3 Å². The van der Waals surface area contributed by atoms with E-state index in [1.807, 2.05) is 38.1 Å². The van der Waals surface area contributed by atoms with E-state index >= 15 is 0 Å². The SMILES string of the molecule is CCOC(=O)c1sc(NC(=O)CCc2ccccc2OCC)cc1C. The van der Waals surface area contributed by atoms with Crippen LogP contribution in [0.3, 0.4) is 0 Å². The number of thiophene rings is 1. The summed E-state index contributed by atoms with van der Waals surface area (Å²) in [4.78, 5) is 24.6. The molecule has 5 nitrogen and oxygen atoms in total. The molecule has 1 heterocycles. The van der Waals surface area contributed by atoms with E-state index in [2.05, 4.69) is 5.32 Å². The average Bonchev–Trinajstić information content (AvgIpc) is 2.95. The van der Waals surface area contributed by atoms with Gasteiger partial charge >= 0.3 is 5.97 Å². The Hall–Kier alpha value is -2.34. The number of rotatable bonds is 8. The van der Waals surface area contributed by atoms with Crippen LogP contribution in [0.4, 0.5) is 5.00 Å². The van der Waals surface area contributed by atoms with Gasteiger partial charge in [-0.05, 0) is 50.5 Å². The number of benzene rings is 1. The van der Waals surface area contributed by atoms with Gasteiger partial charge in [-0.1, -0.05) is 18.2 Å². The molecule has 6 heteroatoms. The fourth-order valence-corrected chi connectivity index (χ4v) is 3.38. The van der Waals surface area contributed by atoms with Gasteiger partial charge in [0.2, 0.25) is 5.91 Å². The molecule has 0 aliphatic heterocycles. The number of hydrogen-bond donors (Lipinski definition) is 1. The lowest BCUT2D eigenvalue weighted by Gasteiger charge is -2.09. The summed E-state index contributed by atoms with van der Waals surface area (Å²) < 4.78 is 10.6. The first kappa shape index (κ1) is 19.0. The predicted octanol–water partition coefficient (Wildman–Crippen LogP) is 4.20. The Labute approximate surface area is 152 Å². The van der Waals surface area contributed by atoms with Crippen LogP contribution in [0, 0.1) is 6.92 Å². The highest BCUT2D eigenvalue weighted by Gasteiger charge is 2.16. The molecule has 1 aromatic heterocycles. The summed E-state index contributed by atoms with van der Waals surface area (Å²) in [5.74, 6) is 0.369. The van der Waals surface area contributed by atoms with Crippen molar-refractivity contribution < 1.29 is 19.1 Å². The largest absolute Gasteiger partial charge is 0.494 e. The molecule has 0 spiro atoms. The highest BCUT2D eigenvalue weighted by Crippen LogP contribution is 2.27. The quantitative estimate of drug-likeness (QED) is 0.716. The first-order valence-corrected chi connectivity index (χ1v) is 9.14. The minimum absolute atomic E-state index is 0.0945. The van der Waals surface area contributed by atoms with E-state index in [1.165, 1.54) is 11.3 Å². The van der Waals surface area contributed by atoms with Crippen molar-refractivity contribution in [3.63, 3.8) is 0 Å². The normalized spacial score (nSPS) is 10.4. The molecule has 0 radical (unpaired) electrons. The standard InChI is InChI=1S/C19H23NO4S/c1-4-23-15-9-7-6-8-14(15)10-11-16(21)20-17-12-13(3)18(25-17)19(22)24-5-2/h6-9,12H,4-5,10-11H2,1-3H3,(H,20,21). The molecule has 0 bridgehead atoms. The number of aryl methyl sites for hydroxylation is 2. The Morgan fingerprint density at radius 3 is 2.64 bits per heavy atom. The van der Waals surface area contributed by atoms with Crippen LogP contribution in [0.5, 0.6) is 5.75 Å². The number of para-hydroxylation sites is 1. The van der Waals surface area contributed by atoms with Gasteiger partial charge in [-0.25, -0.2) is 4.79 Å².